The second kappa shape index (κ2) is 36.9. The predicted octanol–water partition coefficient (Wildman–Crippen LogP) is 11.5. The fourth-order valence-electron chi connectivity index (χ4n) is 15.8. The summed E-state index contributed by atoms with van der Waals surface area (Å²) >= 11 is 0. The summed E-state index contributed by atoms with van der Waals surface area (Å²) in [5.74, 6) is -2.75. The van der Waals surface area contributed by atoms with Crippen LogP contribution in [0.2, 0.25) is 0 Å². The summed E-state index contributed by atoms with van der Waals surface area (Å²) in [6, 6.07) is 3.55. The van der Waals surface area contributed by atoms with Crippen molar-refractivity contribution in [1.82, 2.24) is 91.0 Å². The number of hydrogen-bond acceptors (Lipinski definition) is 18. The third kappa shape index (κ3) is 21.0. The van der Waals surface area contributed by atoms with Gasteiger partial charge in [-0.05, 0) is 169 Å². The van der Waals surface area contributed by atoms with Crippen LogP contribution in [0.1, 0.15) is 233 Å². The zero-order valence-electron chi connectivity index (χ0n) is 69.8. The average molecular weight is 1600 g/mol. The second-order valence-electron chi connectivity index (χ2n) is 35.6. The number of carbonyl (C=O) groups is 6. The summed E-state index contributed by atoms with van der Waals surface area (Å²) in [5.41, 5.74) is 9.99. The van der Waals surface area contributed by atoms with Crippen LogP contribution in [0.15, 0.2) is 40.9 Å². The quantitative estimate of drug-likeness (QED) is 0.0527. The number of aryl methyl sites for hydroxylation is 1. The Kier molecular flexibility index (Phi) is 28.3. The number of rotatable bonds is 12. The van der Waals surface area contributed by atoms with E-state index in [1.165, 1.54) is 36.4 Å². The van der Waals surface area contributed by atoms with Crippen LogP contribution in [0.25, 0.3) is 22.5 Å². The molecule has 1 saturated carbocycles. The van der Waals surface area contributed by atoms with Gasteiger partial charge in [-0.25, -0.2) is 36.7 Å². The van der Waals surface area contributed by atoms with Gasteiger partial charge in [-0.2, -0.15) is 44.1 Å². The molecule has 2 fully saturated rings. The Labute approximate surface area is 670 Å². The average Bonchev–Trinajstić information content (AvgIpc) is 1.64. The van der Waals surface area contributed by atoms with E-state index >= 15 is 0 Å². The Bertz CT molecular complexity index is 4620. The number of carbonyl (C=O) groups excluding carboxylic acids is 6. The lowest BCUT2D eigenvalue weighted by molar-refractivity contribution is -0.125. The second-order valence-corrected chi connectivity index (χ2v) is 35.6. The topological polar surface area (TPSA) is 341 Å². The minimum absolute atomic E-state index is 0.186. The van der Waals surface area contributed by atoms with Gasteiger partial charge in [0.1, 0.15) is 18.1 Å². The molecule has 2 aromatic carbocycles. The number of aliphatic hydroxyl groups excluding tert-OH is 2. The number of nitrogens with one attached hydrogen (secondary N) is 6. The molecule has 0 spiro atoms. The lowest BCUT2D eigenvalue weighted by Crippen LogP contribution is -2.54. The minimum Gasteiger partial charge on any atom is -0.394 e. The van der Waals surface area contributed by atoms with Gasteiger partial charge in [-0.15, -0.1) is 0 Å². The molecule has 8 heterocycles. The van der Waals surface area contributed by atoms with Crippen LogP contribution in [-0.2, 0) is 65.9 Å². The molecule has 628 valence electrons. The van der Waals surface area contributed by atoms with E-state index in [0.29, 0.717) is 53.0 Å². The number of aromatic nitrogens is 10. The summed E-state index contributed by atoms with van der Waals surface area (Å²) in [7, 11) is 7.34. The predicted molar refractivity (Wildman–Crippen MR) is 425 cm³/mol. The molecule has 1 saturated heterocycles. The maximum atomic E-state index is 13.8. The zero-order chi connectivity index (χ0) is 83.9. The van der Waals surface area contributed by atoms with E-state index in [1.54, 1.807) is 21.0 Å². The number of fused-ring (bicyclic) bond motifs is 4. The van der Waals surface area contributed by atoms with Gasteiger partial charge in [-0.3, -0.25) is 9.59 Å². The lowest BCUT2D eigenvalue weighted by atomic mass is 9.83. The molecule has 4 atom stereocenters. The molecule has 8 N–H and O–H groups in total. The highest BCUT2D eigenvalue weighted by Crippen LogP contribution is 2.40. The van der Waals surface area contributed by atoms with Gasteiger partial charge in [-0.1, -0.05) is 88.2 Å². The zero-order valence-corrected chi connectivity index (χ0v) is 69.8. The van der Waals surface area contributed by atoms with Crippen molar-refractivity contribution >= 4 is 35.9 Å². The molecule has 3 aliphatic carbocycles. The van der Waals surface area contributed by atoms with Gasteiger partial charge in [0.05, 0.1) is 64.3 Å². The molecular formula is C83H118F4N18O10. The van der Waals surface area contributed by atoms with Gasteiger partial charge in [0.15, 0.2) is 29.1 Å². The van der Waals surface area contributed by atoms with Crippen molar-refractivity contribution < 1.29 is 65.8 Å². The van der Waals surface area contributed by atoms with Crippen molar-refractivity contribution in [3.63, 3.8) is 0 Å². The number of benzene rings is 2. The van der Waals surface area contributed by atoms with E-state index in [9.17, 15) is 56.5 Å². The van der Waals surface area contributed by atoms with Crippen LogP contribution in [0.5, 0.6) is 0 Å². The monoisotopic (exact) mass is 1600 g/mol. The molecule has 0 radical (unpaired) electrons. The van der Waals surface area contributed by atoms with Crippen molar-refractivity contribution in [2.45, 2.75) is 248 Å². The first kappa shape index (κ1) is 88.1. The van der Waals surface area contributed by atoms with E-state index in [4.69, 9.17) is 19.5 Å². The number of likely N-dealkylation sites (N-methyl/N-ethyl adjacent to an activating group) is 4. The maximum absolute atomic E-state index is 13.8. The molecule has 32 heteroatoms. The SMILES string of the molecule is CC(C)(C)[C@@H](CO)NC(=O)n1nc(-c2ccc(F)c(F)c2)c2c1CCCC2.CNC(=O)[C@@H](NC(=O)n1nc(C2CCC(O)CC2)c2c1CCN(C)C2)C(C)(C)C.CNC(=O)[C@@H](NC(=O)n1nc(C2CCOCC2)c2c1CCN(C)C2)C(C)(C)C.Cc1noc([C@@H](NC(=O)n2nc(-c3ccc(F)c(F)c3)c3c2CCCC3)C(C)(C)C)n1. The lowest BCUT2D eigenvalue weighted by Gasteiger charge is -2.30. The first-order chi connectivity index (χ1) is 54.2. The Hall–Kier alpha value is -9.24. The van der Waals surface area contributed by atoms with E-state index in [0.717, 1.165) is 204 Å². The summed E-state index contributed by atoms with van der Waals surface area (Å²) in [6.07, 6.45) is 13.1. The molecule has 13 rings (SSSR count). The third-order valence-corrected chi connectivity index (χ3v) is 22.5. The van der Waals surface area contributed by atoms with Crippen LogP contribution >= 0.6 is 0 Å². The standard InChI is InChI=1S/C22H25F2N5O2.C21H35N5O3.C20H25F2N3O2.C20H33N5O3/c1-12-25-20(31-28-12)19(22(2,3)4)26-21(30)29-17-8-6-5-7-14(17)18(27-29)13-9-10-15(23)16(24)11-13;1-21(2,3)18(19(28)22-4)23-20(29)26-16-10-11-25(5)12-15(16)17(24-26)13-6-8-14(27)9-7-13;1-20(2,3)17(11-26)23-19(27)25-16-7-5-4-6-13(16)18(24-25)12-8-9-14(21)15(22)10-12;1-20(2,3)17(18(26)21-4)22-19(27)25-15-6-9-24(5)12-14(15)16(23-25)13-7-10-28-11-8-13/h9-11,19H,5-8H2,1-4H3,(H,26,30);13-14,18,27H,6-12H2,1-5H3,(H,22,28)(H,23,29);8-10,17,26H,4-7,11H2,1-3H3,(H,23,27);13,17H,6-12H2,1-5H3,(H,21,26)(H,22,27)/t19-;13?,14?,18-;2*17-/m1111/s1. The number of aliphatic hydroxyl groups is 2. The summed E-state index contributed by atoms with van der Waals surface area (Å²) in [4.78, 5) is 85.9. The minimum atomic E-state index is -0.944. The molecule has 115 heavy (non-hydrogen) atoms. The first-order valence-electron chi connectivity index (χ1n) is 40.2. The summed E-state index contributed by atoms with van der Waals surface area (Å²) < 4.78 is 70.7. The number of ether oxygens (including phenoxy) is 1. The van der Waals surface area contributed by atoms with Crippen molar-refractivity contribution in [1.29, 1.82) is 0 Å². The highest BCUT2D eigenvalue weighted by Gasteiger charge is 2.41. The fraction of sp³-hybridized carbons (Fsp3) is 0.614. The van der Waals surface area contributed by atoms with Gasteiger partial charge in [0.2, 0.25) is 17.7 Å². The highest BCUT2D eigenvalue weighted by molar-refractivity contribution is 5.89. The first-order valence-corrected chi connectivity index (χ1v) is 40.2. The third-order valence-electron chi connectivity index (χ3n) is 22.5. The van der Waals surface area contributed by atoms with Crippen molar-refractivity contribution in [3.8, 4) is 22.5 Å². The van der Waals surface area contributed by atoms with Crippen LogP contribution in [0, 0.1) is 51.9 Å². The Morgan fingerprint density at radius 2 is 0.904 bits per heavy atom. The Balaban J connectivity index is 0.000000162. The number of hydrogen-bond donors (Lipinski definition) is 8. The highest BCUT2D eigenvalue weighted by atomic mass is 19.2. The van der Waals surface area contributed by atoms with Crippen LogP contribution < -0.4 is 31.9 Å². The van der Waals surface area contributed by atoms with Gasteiger partial charge < -0.3 is 61.2 Å². The molecule has 0 unspecified atom stereocenters. The molecule has 28 nitrogen and oxygen atoms in total. The molecule has 3 aliphatic heterocycles. The van der Waals surface area contributed by atoms with Crippen LogP contribution in [-0.4, -0.2) is 191 Å². The Morgan fingerprint density at radius 3 is 1.29 bits per heavy atom. The van der Waals surface area contributed by atoms with Gasteiger partial charge >= 0.3 is 24.1 Å². The van der Waals surface area contributed by atoms with Crippen molar-refractivity contribution in [3.05, 3.63) is 128 Å². The van der Waals surface area contributed by atoms with Crippen LogP contribution in [0.4, 0.5) is 36.7 Å². The fourth-order valence-corrected chi connectivity index (χ4v) is 15.8. The summed E-state index contributed by atoms with van der Waals surface area (Å²) in [6.45, 7) is 29.6. The molecule has 6 amide bonds. The number of halogens is 4. The van der Waals surface area contributed by atoms with E-state index in [-0.39, 0.29) is 47.9 Å². The smallest absolute Gasteiger partial charge is 0.343 e. The summed E-state index contributed by atoms with van der Waals surface area (Å²) in [5, 5.41) is 58.7. The van der Waals surface area contributed by atoms with Gasteiger partial charge in [0, 0.05) is 112 Å². The van der Waals surface area contributed by atoms with E-state index < -0.39 is 75.7 Å². The van der Waals surface area contributed by atoms with Gasteiger partial charge in [0.25, 0.3) is 0 Å². The van der Waals surface area contributed by atoms with E-state index in [1.807, 2.05) is 83.1 Å². The largest absolute Gasteiger partial charge is 0.394 e. The molecule has 6 aliphatic rings. The molecule has 5 aromatic heterocycles. The van der Waals surface area contributed by atoms with Crippen LogP contribution in [0.3, 0.4) is 0 Å². The molecule has 0 bridgehead atoms. The number of nitrogens with zero attached hydrogens (tertiary/aromatic N) is 12. The molecular weight excluding hydrogens is 1490 g/mol. The molecule has 7 aromatic rings. The van der Waals surface area contributed by atoms with Crippen molar-refractivity contribution in [2.75, 3.05) is 61.1 Å². The Morgan fingerprint density at radius 1 is 0.504 bits per heavy atom. The van der Waals surface area contributed by atoms with E-state index in [2.05, 4.69) is 76.1 Å². The normalized spacial score (nSPS) is 18.5. The maximum Gasteiger partial charge on any atom is 0.343 e. The van der Waals surface area contributed by atoms with Crippen molar-refractivity contribution in [2.24, 2.45) is 21.7 Å². The number of amides is 6.